The second-order valence-electron chi connectivity index (χ2n) is 7.83. The Bertz CT molecular complexity index is 1050. The highest BCUT2D eigenvalue weighted by Crippen LogP contribution is 2.24. The van der Waals surface area contributed by atoms with Gasteiger partial charge >= 0.3 is 0 Å². The number of sulfonamides is 1. The molecule has 0 aliphatic heterocycles. The van der Waals surface area contributed by atoms with E-state index in [0.717, 1.165) is 27.3 Å². The highest BCUT2D eigenvalue weighted by Gasteiger charge is 2.30. The van der Waals surface area contributed by atoms with Crippen LogP contribution in [0.4, 0.5) is 5.69 Å². The van der Waals surface area contributed by atoms with Gasteiger partial charge in [0, 0.05) is 13.1 Å². The van der Waals surface area contributed by atoms with E-state index in [1.807, 2.05) is 57.2 Å². The molecule has 2 amide bonds. The second kappa shape index (κ2) is 11.1. The Morgan fingerprint density at radius 2 is 1.75 bits per heavy atom. The first kappa shape index (κ1) is 25.4. The zero-order valence-corrected chi connectivity index (χ0v) is 20.3. The monoisotopic (exact) mass is 459 g/mol. The van der Waals surface area contributed by atoms with Crippen LogP contribution < -0.4 is 9.62 Å². The van der Waals surface area contributed by atoms with Gasteiger partial charge in [-0.2, -0.15) is 0 Å². The van der Waals surface area contributed by atoms with Crippen molar-refractivity contribution in [1.82, 2.24) is 10.2 Å². The number of likely N-dealkylation sites (N-methyl/N-ethyl adjacent to an activating group) is 1. The number of nitrogens with zero attached hydrogens (tertiary/aromatic N) is 2. The lowest BCUT2D eigenvalue weighted by Crippen LogP contribution is -2.51. The van der Waals surface area contributed by atoms with Crippen LogP contribution in [0.15, 0.2) is 48.5 Å². The van der Waals surface area contributed by atoms with Crippen molar-refractivity contribution in [2.45, 2.75) is 46.7 Å². The highest BCUT2D eigenvalue weighted by atomic mass is 32.2. The van der Waals surface area contributed by atoms with E-state index in [2.05, 4.69) is 5.32 Å². The van der Waals surface area contributed by atoms with Gasteiger partial charge in [-0.1, -0.05) is 55.0 Å². The summed E-state index contributed by atoms with van der Waals surface area (Å²) >= 11 is 0. The Morgan fingerprint density at radius 1 is 1.06 bits per heavy atom. The summed E-state index contributed by atoms with van der Waals surface area (Å²) in [5.74, 6) is -0.727. The molecule has 0 radical (unpaired) electrons. The summed E-state index contributed by atoms with van der Waals surface area (Å²) in [5.41, 5.74) is 3.21. The molecule has 2 rings (SSSR count). The van der Waals surface area contributed by atoms with E-state index >= 15 is 0 Å². The molecular formula is C24H33N3O4S. The number of carbonyl (C=O) groups is 2. The van der Waals surface area contributed by atoms with Crippen LogP contribution in [-0.4, -0.2) is 50.5 Å². The number of para-hydroxylation sites is 1. The van der Waals surface area contributed by atoms with Crippen LogP contribution in [0, 0.1) is 6.92 Å². The summed E-state index contributed by atoms with van der Waals surface area (Å²) in [6.45, 7) is 7.61. The van der Waals surface area contributed by atoms with E-state index in [1.54, 1.807) is 19.1 Å². The van der Waals surface area contributed by atoms with Gasteiger partial charge in [0.2, 0.25) is 21.8 Å². The first-order chi connectivity index (χ1) is 15.1. The van der Waals surface area contributed by atoms with Crippen LogP contribution in [0.5, 0.6) is 0 Å². The second-order valence-corrected chi connectivity index (χ2v) is 9.74. The third kappa shape index (κ3) is 6.56. The lowest BCUT2D eigenvalue weighted by atomic mass is 10.1. The standard InChI is InChI=1S/C24H33N3O4S/c1-6-21-13-8-9-14-22(21)27(32(5,30)31)17-23(28)26(19(4)24(29)25-7-2)16-20-12-10-11-18(3)15-20/h8-15,19H,6-7,16-17H2,1-5H3,(H,25,29)/t19-/m1/s1. The molecule has 0 heterocycles. The van der Waals surface area contributed by atoms with Crippen molar-refractivity contribution in [3.8, 4) is 0 Å². The maximum atomic E-state index is 13.5. The predicted molar refractivity (Wildman–Crippen MR) is 128 cm³/mol. The topological polar surface area (TPSA) is 86.8 Å². The zero-order chi connectivity index (χ0) is 23.9. The van der Waals surface area contributed by atoms with Crippen LogP contribution in [0.1, 0.15) is 37.5 Å². The Balaban J connectivity index is 2.42. The van der Waals surface area contributed by atoms with Gasteiger partial charge < -0.3 is 10.2 Å². The number of carbonyl (C=O) groups excluding carboxylic acids is 2. The van der Waals surface area contributed by atoms with Crippen molar-refractivity contribution < 1.29 is 18.0 Å². The average molecular weight is 460 g/mol. The molecule has 1 N–H and O–H groups in total. The molecule has 0 unspecified atom stereocenters. The maximum Gasteiger partial charge on any atom is 0.244 e. The van der Waals surface area contributed by atoms with E-state index in [-0.39, 0.29) is 19.0 Å². The molecule has 0 aromatic heterocycles. The number of benzene rings is 2. The molecule has 2 aromatic rings. The van der Waals surface area contributed by atoms with Crippen LogP contribution in [-0.2, 0) is 32.6 Å². The molecule has 0 bridgehead atoms. The van der Waals surface area contributed by atoms with E-state index in [9.17, 15) is 18.0 Å². The Morgan fingerprint density at radius 3 is 2.34 bits per heavy atom. The molecule has 0 saturated carbocycles. The minimum Gasteiger partial charge on any atom is -0.355 e. The van der Waals surface area contributed by atoms with Crippen LogP contribution in [0.25, 0.3) is 0 Å². The van der Waals surface area contributed by atoms with Gasteiger partial charge in [0.25, 0.3) is 0 Å². The summed E-state index contributed by atoms with van der Waals surface area (Å²) in [5, 5.41) is 2.75. The third-order valence-corrected chi connectivity index (χ3v) is 6.40. The van der Waals surface area contributed by atoms with Gasteiger partial charge in [0.1, 0.15) is 12.6 Å². The normalized spacial score (nSPS) is 12.2. The molecular weight excluding hydrogens is 426 g/mol. The van der Waals surface area contributed by atoms with Crippen molar-refractivity contribution in [3.63, 3.8) is 0 Å². The average Bonchev–Trinajstić information content (AvgIpc) is 2.74. The quantitative estimate of drug-likeness (QED) is 0.592. The molecule has 0 aliphatic carbocycles. The summed E-state index contributed by atoms with van der Waals surface area (Å²) in [6.07, 6.45) is 1.71. The molecule has 0 saturated heterocycles. The molecule has 8 heteroatoms. The lowest BCUT2D eigenvalue weighted by Gasteiger charge is -2.32. The van der Waals surface area contributed by atoms with Crippen molar-refractivity contribution in [2.75, 3.05) is 23.7 Å². The smallest absolute Gasteiger partial charge is 0.244 e. The minimum atomic E-state index is -3.73. The Kier molecular flexibility index (Phi) is 8.83. The largest absolute Gasteiger partial charge is 0.355 e. The molecule has 32 heavy (non-hydrogen) atoms. The van der Waals surface area contributed by atoms with Crippen LogP contribution in [0.2, 0.25) is 0 Å². The number of hydrogen-bond donors (Lipinski definition) is 1. The number of amides is 2. The fourth-order valence-corrected chi connectivity index (χ4v) is 4.44. The number of aryl methyl sites for hydroxylation is 2. The molecule has 0 spiro atoms. The molecule has 2 aromatic carbocycles. The Hall–Kier alpha value is -2.87. The van der Waals surface area contributed by atoms with Gasteiger partial charge in [-0.3, -0.25) is 13.9 Å². The van der Waals surface area contributed by atoms with Gasteiger partial charge in [-0.05, 0) is 44.4 Å². The minimum absolute atomic E-state index is 0.200. The number of rotatable bonds is 10. The maximum absolute atomic E-state index is 13.5. The number of nitrogens with one attached hydrogen (secondary N) is 1. The van der Waals surface area contributed by atoms with E-state index in [4.69, 9.17) is 0 Å². The molecule has 0 aliphatic rings. The van der Waals surface area contributed by atoms with Gasteiger partial charge in [-0.15, -0.1) is 0 Å². The SMILES string of the molecule is CCNC(=O)[C@@H](C)N(Cc1cccc(C)c1)C(=O)CN(c1ccccc1CC)S(C)(=O)=O. The zero-order valence-electron chi connectivity index (χ0n) is 19.5. The lowest BCUT2D eigenvalue weighted by molar-refractivity contribution is -0.139. The van der Waals surface area contributed by atoms with E-state index in [0.29, 0.717) is 18.7 Å². The third-order valence-electron chi connectivity index (χ3n) is 5.27. The molecule has 7 nitrogen and oxygen atoms in total. The first-order valence-electron chi connectivity index (χ1n) is 10.8. The summed E-state index contributed by atoms with van der Waals surface area (Å²) in [7, 11) is -3.73. The van der Waals surface area contributed by atoms with E-state index in [1.165, 1.54) is 4.90 Å². The van der Waals surface area contributed by atoms with Crippen molar-refractivity contribution in [3.05, 3.63) is 65.2 Å². The molecule has 0 fully saturated rings. The predicted octanol–water partition coefficient (Wildman–Crippen LogP) is 2.88. The molecule has 1 atom stereocenters. The first-order valence-corrected chi connectivity index (χ1v) is 12.6. The van der Waals surface area contributed by atoms with E-state index < -0.39 is 22.0 Å². The molecule has 174 valence electrons. The van der Waals surface area contributed by atoms with Gasteiger partial charge in [-0.25, -0.2) is 8.42 Å². The van der Waals surface area contributed by atoms with Crippen molar-refractivity contribution >= 4 is 27.5 Å². The van der Waals surface area contributed by atoms with Crippen molar-refractivity contribution in [2.24, 2.45) is 0 Å². The van der Waals surface area contributed by atoms with Gasteiger partial charge in [0.05, 0.1) is 11.9 Å². The van der Waals surface area contributed by atoms with Crippen molar-refractivity contribution in [1.29, 1.82) is 0 Å². The fraction of sp³-hybridized carbons (Fsp3) is 0.417. The summed E-state index contributed by atoms with van der Waals surface area (Å²) < 4.78 is 26.4. The highest BCUT2D eigenvalue weighted by molar-refractivity contribution is 7.92. The summed E-state index contributed by atoms with van der Waals surface area (Å²) in [4.78, 5) is 27.5. The number of anilines is 1. The summed E-state index contributed by atoms with van der Waals surface area (Å²) in [6, 6.07) is 14.1. The van der Waals surface area contributed by atoms with Crippen LogP contribution >= 0.6 is 0 Å². The van der Waals surface area contributed by atoms with Gasteiger partial charge in [0.15, 0.2) is 0 Å². The fourth-order valence-electron chi connectivity index (χ4n) is 3.56. The Labute approximate surface area is 191 Å². The number of hydrogen-bond acceptors (Lipinski definition) is 4. The van der Waals surface area contributed by atoms with Crippen LogP contribution in [0.3, 0.4) is 0 Å².